The van der Waals surface area contributed by atoms with Crippen LogP contribution in [0.5, 0.6) is 17.5 Å². The summed E-state index contributed by atoms with van der Waals surface area (Å²) in [5.74, 6) is 1.03. The first-order chi connectivity index (χ1) is 11.0. The molecule has 0 spiro atoms. The van der Waals surface area contributed by atoms with Crippen molar-refractivity contribution in [1.29, 1.82) is 0 Å². The largest absolute Gasteiger partial charge is 0.493 e. The van der Waals surface area contributed by atoms with Crippen LogP contribution in [0.25, 0.3) is 5.69 Å². The predicted molar refractivity (Wildman–Crippen MR) is 86.6 cm³/mol. The molecule has 1 aromatic carbocycles. The van der Waals surface area contributed by atoms with E-state index >= 15 is 0 Å². The number of nitrogens with one attached hydrogen (secondary N) is 1. The van der Waals surface area contributed by atoms with E-state index in [9.17, 15) is 9.90 Å². The lowest BCUT2D eigenvalue weighted by Crippen LogP contribution is -2.14. The fourth-order valence-electron chi connectivity index (χ4n) is 2.27. The van der Waals surface area contributed by atoms with Crippen molar-refractivity contribution in [1.82, 2.24) is 14.5 Å². The lowest BCUT2D eigenvalue weighted by molar-refractivity contribution is 0.435. The lowest BCUT2D eigenvalue weighted by atomic mass is 10.1. The molecule has 0 atom stereocenters. The van der Waals surface area contributed by atoms with Gasteiger partial charge in [-0.2, -0.15) is 0 Å². The zero-order valence-corrected chi connectivity index (χ0v) is 13.1. The second-order valence-corrected chi connectivity index (χ2v) is 5.44. The number of H-pyrrole nitrogens is 1. The Morgan fingerprint density at radius 1 is 1.17 bits per heavy atom. The van der Waals surface area contributed by atoms with Crippen LogP contribution in [-0.4, -0.2) is 19.6 Å². The first-order valence-electron chi connectivity index (χ1n) is 7.18. The Bertz CT molecular complexity index is 908. The van der Waals surface area contributed by atoms with Gasteiger partial charge in [0.25, 0.3) is 0 Å². The van der Waals surface area contributed by atoms with Gasteiger partial charge in [0.15, 0.2) is 0 Å². The molecule has 2 aromatic heterocycles. The van der Waals surface area contributed by atoms with E-state index in [0.29, 0.717) is 17.3 Å². The van der Waals surface area contributed by atoms with Crippen LogP contribution < -0.4 is 10.4 Å². The Hall–Kier alpha value is -3.02. The van der Waals surface area contributed by atoms with Crippen molar-refractivity contribution in [3.05, 3.63) is 63.8 Å². The molecule has 0 aliphatic heterocycles. The van der Waals surface area contributed by atoms with E-state index in [-0.39, 0.29) is 5.88 Å². The maximum Gasteiger partial charge on any atom is 0.333 e. The zero-order valence-electron chi connectivity index (χ0n) is 13.1. The van der Waals surface area contributed by atoms with Gasteiger partial charge in [-0.3, -0.25) is 0 Å². The molecular formula is C17H17N3O3. The van der Waals surface area contributed by atoms with Gasteiger partial charge >= 0.3 is 5.69 Å². The fraction of sp³-hybridized carbons (Fsp3) is 0.176. The zero-order chi connectivity index (χ0) is 16.6. The average Bonchev–Trinajstić information content (AvgIpc) is 2.77. The van der Waals surface area contributed by atoms with Gasteiger partial charge in [0.1, 0.15) is 5.75 Å². The van der Waals surface area contributed by atoms with Gasteiger partial charge in [0, 0.05) is 6.07 Å². The summed E-state index contributed by atoms with van der Waals surface area (Å²) in [5.41, 5.74) is 2.57. The average molecular weight is 311 g/mol. The number of rotatable bonds is 3. The minimum absolute atomic E-state index is 0.125. The van der Waals surface area contributed by atoms with Crippen LogP contribution in [0.15, 0.2) is 41.3 Å². The highest BCUT2D eigenvalue weighted by atomic mass is 16.5. The normalized spacial score (nSPS) is 10.7. The molecule has 23 heavy (non-hydrogen) atoms. The van der Waals surface area contributed by atoms with Gasteiger partial charge < -0.3 is 14.8 Å². The van der Waals surface area contributed by atoms with Gasteiger partial charge in [0.05, 0.1) is 17.6 Å². The minimum Gasteiger partial charge on any atom is -0.493 e. The highest BCUT2D eigenvalue weighted by Crippen LogP contribution is 2.25. The number of imidazole rings is 1. The predicted octanol–water partition coefficient (Wildman–Crippen LogP) is 2.98. The van der Waals surface area contributed by atoms with E-state index in [1.807, 2.05) is 32.0 Å². The maximum absolute atomic E-state index is 11.8. The Labute approximate surface area is 133 Å². The van der Waals surface area contributed by atoms with E-state index in [1.54, 1.807) is 19.1 Å². The third kappa shape index (κ3) is 2.83. The molecule has 3 aromatic rings. The second-order valence-electron chi connectivity index (χ2n) is 5.44. The highest BCUT2D eigenvalue weighted by Gasteiger charge is 2.12. The summed E-state index contributed by atoms with van der Waals surface area (Å²) in [6.45, 7) is 5.58. The Kier molecular flexibility index (Phi) is 3.65. The van der Waals surface area contributed by atoms with Crippen LogP contribution in [0, 0.1) is 20.8 Å². The molecule has 0 aliphatic rings. The maximum atomic E-state index is 11.8. The van der Waals surface area contributed by atoms with E-state index in [1.165, 1.54) is 6.20 Å². The minimum atomic E-state index is -0.412. The molecule has 0 fully saturated rings. The van der Waals surface area contributed by atoms with Crippen LogP contribution in [-0.2, 0) is 0 Å². The van der Waals surface area contributed by atoms with Crippen LogP contribution in [0.3, 0.4) is 0 Å². The second kappa shape index (κ2) is 5.64. The van der Waals surface area contributed by atoms with Crippen molar-refractivity contribution in [2.75, 3.05) is 0 Å². The Morgan fingerprint density at radius 2 is 1.96 bits per heavy atom. The molecule has 0 saturated heterocycles. The molecule has 0 amide bonds. The number of aromatic amines is 1. The summed E-state index contributed by atoms with van der Waals surface area (Å²) in [6.07, 6.45) is 1.48. The van der Waals surface area contributed by atoms with Crippen molar-refractivity contribution in [3.8, 4) is 23.2 Å². The van der Waals surface area contributed by atoms with Gasteiger partial charge in [-0.1, -0.05) is 12.1 Å². The topological polar surface area (TPSA) is 80.1 Å². The number of nitrogens with zero attached hydrogens (tertiary/aromatic N) is 2. The molecule has 6 nitrogen and oxygen atoms in total. The monoisotopic (exact) mass is 311 g/mol. The molecule has 0 saturated carbocycles. The summed E-state index contributed by atoms with van der Waals surface area (Å²) >= 11 is 0. The number of hydrogen-bond donors (Lipinski definition) is 2. The molecule has 0 radical (unpaired) electrons. The quantitative estimate of drug-likeness (QED) is 0.779. The number of aryl methyl sites for hydroxylation is 3. The number of pyridine rings is 1. The Balaban J connectivity index is 1.91. The molecule has 118 valence electrons. The first-order valence-corrected chi connectivity index (χ1v) is 7.18. The third-order valence-electron chi connectivity index (χ3n) is 3.58. The van der Waals surface area contributed by atoms with Crippen molar-refractivity contribution in [2.45, 2.75) is 20.8 Å². The number of aromatic nitrogens is 3. The van der Waals surface area contributed by atoms with Crippen molar-refractivity contribution in [2.24, 2.45) is 0 Å². The van der Waals surface area contributed by atoms with E-state index in [4.69, 9.17) is 4.74 Å². The molecule has 6 heteroatoms. The van der Waals surface area contributed by atoms with E-state index < -0.39 is 5.69 Å². The Morgan fingerprint density at radius 3 is 2.57 bits per heavy atom. The molecule has 0 bridgehead atoms. The number of ether oxygens (including phenoxy) is 1. The molecule has 0 aliphatic carbocycles. The van der Waals surface area contributed by atoms with Crippen LogP contribution >= 0.6 is 0 Å². The van der Waals surface area contributed by atoms with Gasteiger partial charge in [-0.15, -0.1) is 0 Å². The smallest absolute Gasteiger partial charge is 0.333 e. The van der Waals surface area contributed by atoms with Crippen LogP contribution in [0.2, 0.25) is 0 Å². The molecule has 0 unspecified atom stereocenters. The van der Waals surface area contributed by atoms with Crippen molar-refractivity contribution < 1.29 is 9.84 Å². The summed E-state index contributed by atoms with van der Waals surface area (Å²) in [5, 5.41) is 9.92. The van der Waals surface area contributed by atoms with Crippen LogP contribution in [0.1, 0.15) is 16.8 Å². The summed E-state index contributed by atoms with van der Waals surface area (Å²) in [6, 6.07) is 9.27. The summed E-state index contributed by atoms with van der Waals surface area (Å²) in [7, 11) is 0. The molecule has 3 rings (SSSR count). The van der Waals surface area contributed by atoms with Gasteiger partial charge in [-0.05, 0) is 44.0 Å². The van der Waals surface area contributed by atoms with E-state index in [0.717, 1.165) is 21.4 Å². The van der Waals surface area contributed by atoms with Crippen molar-refractivity contribution in [3.63, 3.8) is 0 Å². The molecule has 2 N–H and O–H groups in total. The summed E-state index contributed by atoms with van der Waals surface area (Å²) in [4.78, 5) is 18.6. The van der Waals surface area contributed by atoms with Gasteiger partial charge in [-0.25, -0.2) is 14.3 Å². The molecule has 2 heterocycles. The fourth-order valence-corrected chi connectivity index (χ4v) is 2.27. The lowest BCUT2D eigenvalue weighted by Gasteiger charge is -2.09. The highest BCUT2D eigenvalue weighted by molar-refractivity contribution is 5.40. The van der Waals surface area contributed by atoms with Crippen molar-refractivity contribution >= 4 is 0 Å². The molecular weight excluding hydrogens is 294 g/mol. The van der Waals surface area contributed by atoms with Gasteiger partial charge in [0.2, 0.25) is 11.8 Å². The SMILES string of the molecule is Cc1ccc(C)c(Oc2ccc(-n3c(O)c(C)[nH]c3=O)cn2)c1. The van der Waals surface area contributed by atoms with E-state index in [2.05, 4.69) is 9.97 Å². The van der Waals surface area contributed by atoms with Crippen LogP contribution in [0.4, 0.5) is 0 Å². The summed E-state index contributed by atoms with van der Waals surface area (Å²) < 4.78 is 6.93. The number of hydrogen-bond acceptors (Lipinski definition) is 4. The standard InChI is InChI=1S/C17H17N3O3/c1-10-4-5-11(2)14(8-10)23-15-7-6-13(9-18-15)20-16(21)12(3)19-17(20)22/h4-9,21H,1-3H3,(H,19,22). The number of benzene rings is 1. The third-order valence-corrected chi connectivity index (χ3v) is 3.58. The first kappa shape index (κ1) is 14.9. The number of aromatic hydroxyl groups is 1.